The molecule has 0 fully saturated rings. The molecule has 0 bridgehead atoms. The lowest BCUT2D eigenvalue weighted by Gasteiger charge is -2.21. The molecule has 0 amide bonds. The highest BCUT2D eigenvalue weighted by Crippen LogP contribution is 2.22. The van der Waals surface area contributed by atoms with E-state index in [1.807, 2.05) is 0 Å². The molecule has 9 heteroatoms. The van der Waals surface area contributed by atoms with E-state index in [2.05, 4.69) is 4.72 Å². The molecule has 25 heavy (non-hydrogen) atoms. The molecule has 0 spiro atoms. The zero-order chi connectivity index (χ0) is 18.8. The van der Waals surface area contributed by atoms with Gasteiger partial charge >= 0.3 is 0 Å². The topological polar surface area (TPSA) is 83.6 Å². The molecule has 0 aromatic heterocycles. The van der Waals surface area contributed by atoms with Crippen LogP contribution in [-0.4, -0.2) is 34.2 Å². The zero-order valence-corrected chi connectivity index (χ0v) is 16.4. The van der Waals surface area contributed by atoms with Gasteiger partial charge < -0.3 is 0 Å². The third-order valence-corrected chi connectivity index (χ3v) is 7.28. The lowest BCUT2D eigenvalue weighted by atomic mass is 10.3. The first-order valence-corrected chi connectivity index (χ1v) is 10.7. The lowest BCUT2D eigenvalue weighted by molar-refractivity contribution is 0.410. The maximum atomic E-state index is 12.4. The van der Waals surface area contributed by atoms with E-state index < -0.39 is 20.0 Å². The van der Waals surface area contributed by atoms with Crippen LogP contribution in [0.4, 0.5) is 5.69 Å². The molecule has 0 aliphatic heterocycles. The molecule has 0 unspecified atom stereocenters. The van der Waals surface area contributed by atoms with Crippen LogP contribution in [0.5, 0.6) is 0 Å². The van der Waals surface area contributed by atoms with E-state index in [0.717, 1.165) is 0 Å². The van der Waals surface area contributed by atoms with Crippen LogP contribution < -0.4 is 4.72 Å². The third-order valence-electron chi connectivity index (χ3n) is 3.62. The number of sulfonamides is 2. The van der Waals surface area contributed by atoms with Crippen molar-refractivity contribution in [3.05, 3.63) is 53.6 Å². The summed E-state index contributed by atoms with van der Waals surface area (Å²) in [6, 6.07) is 11.2. The van der Waals surface area contributed by atoms with Gasteiger partial charge in [-0.3, -0.25) is 4.72 Å². The molecule has 0 aliphatic rings. The summed E-state index contributed by atoms with van der Waals surface area (Å²) in [6.45, 7) is 3.54. The van der Waals surface area contributed by atoms with Gasteiger partial charge in [-0.1, -0.05) is 17.7 Å². The lowest BCUT2D eigenvalue weighted by Crippen LogP contribution is -2.33. The Kier molecular flexibility index (Phi) is 5.78. The maximum absolute atomic E-state index is 12.4. The fourth-order valence-corrected chi connectivity index (χ4v) is 4.71. The highest BCUT2D eigenvalue weighted by atomic mass is 35.5. The fraction of sp³-hybridized carbons (Fsp3) is 0.250. The van der Waals surface area contributed by atoms with Crippen molar-refractivity contribution in [1.82, 2.24) is 4.31 Å². The van der Waals surface area contributed by atoms with Crippen LogP contribution in [0.2, 0.25) is 5.02 Å². The largest absolute Gasteiger partial charge is 0.280 e. The summed E-state index contributed by atoms with van der Waals surface area (Å²) in [6.07, 6.45) is 0. The number of halogens is 1. The molecule has 0 heterocycles. The predicted molar refractivity (Wildman–Crippen MR) is 98.8 cm³/mol. The second-order valence-electron chi connectivity index (χ2n) is 5.70. The summed E-state index contributed by atoms with van der Waals surface area (Å²) in [5, 5.41) is 0.307. The first-order valence-electron chi connectivity index (χ1n) is 7.40. The Balaban J connectivity index is 2.26. The van der Waals surface area contributed by atoms with Crippen molar-refractivity contribution >= 4 is 37.3 Å². The third kappa shape index (κ3) is 4.52. The van der Waals surface area contributed by atoms with Crippen LogP contribution in [-0.2, 0) is 20.0 Å². The number of hydrogen-bond donors (Lipinski definition) is 1. The first-order chi connectivity index (χ1) is 11.5. The SMILES string of the molecule is CC(C)N(C)S(=O)(=O)c1ccc(NS(=O)(=O)c2cccc(Cl)c2)cc1. The Bertz CT molecular complexity index is 956. The van der Waals surface area contributed by atoms with Gasteiger partial charge in [0.25, 0.3) is 10.0 Å². The van der Waals surface area contributed by atoms with Gasteiger partial charge in [-0.25, -0.2) is 16.8 Å². The molecule has 1 N–H and O–H groups in total. The quantitative estimate of drug-likeness (QED) is 0.804. The molecule has 2 rings (SSSR count). The molecule has 136 valence electrons. The van der Waals surface area contributed by atoms with Crippen molar-refractivity contribution < 1.29 is 16.8 Å². The number of nitrogens with one attached hydrogen (secondary N) is 1. The Morgan fingerprint density at radius 3 is 2.08 bits per heavy atom. The summed E-state index contributed by atoms with van der Waals surface area (Å²) >= 11 is 5.82. The minimum absolute atomic E-state index is 0.0243. The van der Waals surface area contributed by atoms with Crippen LogP contribution in [0, 0.1) is 0 Å². The summed E-state index contributed by atoms with van der Waals surface area (Å²) < 4.78 is 53.1. The standard InChI is InChI=1S/C16H19ClN2O4S2/c1-12(2)19(3)25(22,23)15-9-7-14(8-10-15)18-24(20,21)16-6-4-5-13(17)11-16/h4-12,18H,1-3H3. The van der Waals surface area contributed by atoms with Gasteiger partial charge in [-0.2, -0.15) is 4.31 Å². The van der Waals surface area contributed by atoms with Crippen LogP contribution in [0.15, 0.2) is 58.3 Å². The van der Waals surface area contributed by atoms with Crippen molar-refractivity contribution in [3.63, 3.8) is 0 Å². The Morgan fingerprint density at radius 2 is 1.56 bits per heavy atom. The Morgan fingerprint density at radius 1 is 0.960 bits per heavy atom. The van der Waals surface area contributed by atoms with E-state index in [0.29, 0.717) is 5.02 Å². The van der Waals surface area contributed by atoms with Crippen LogP contribution >= 0.6 is 11.6 Å². The van der Waals surface area contributed by atoms with E-state index in [4.69, 9.17) is 11.6 Å². The average molecular weight is 403 g/mol. The molecule has 0 aliphatic carbocycles. The number of hydrogen-bond acceptors (Lipinski definition) is 4. The zero-order valence-electron chi connectivity index (χ0n) is 14.0. The summed E-state index contributed by atoms with van der Waals surface area (Å²) in [5.41, 5.74) is 0.256. The molecule has 6 nitrogen and oxygen atoms in total. The fourth-order valence-electron chi connectivity index (χ4n) is 1.99. The highest BCUT2D eigenvalue weighted by molar-refractivity contribution is 7.92. The van der Waals surface area contributed by atoms with Crippen LogP contribution in [0.25, 0.3) is 0 Å². The normalized spacial score (nSPS) is 12.6. The van der Waals surface area contributed by atoms with Crippen molar-refractivity contribution in [2.24, 2.45) is 0 Å². The molecule has 0 saturated heterocycles. The van der Waals surface area contributed by atoms with Crippen molar-refractivity contribution in [2.45, 2.75) is 29.7 Å². The van der Waals surface area contributed by atoms with E-state index in [1.54, 1.807) is 19.9 Å². The summed E-state index contributed by atoms with van der Waals surface area (Å²) in [7, 11) is -5.93. The average Bonchev–Trinajstić information content (AvgIpc) is 2.54. The molecule has 2 aromatic rings. The van der Waals surface area contributed by atoms with Gasteiger partial charge in [-0.15, -0.1) is 0 Å². The van der Waals surface area contributed by atoms with Gasteiger partial charge in [0, 0.05) is 23.8 Å². The molecule has 2 aromatic carbocycles. The smallest absolute Gasteiger partial charge is 0.261 e. The minimum Gasteiger partial charge on any atom is -0.280 e. The number of rotatable bonds is 6. The first kappa shape index (κ1) is 19.7. The van der Waals surface area contributed by atoms with Crippen LogP contribution in [0.1, 0.15) is 13.8 Å². The van der Waals surface area contributed by atoms with Crippen molar-refractivity contribution in [2.75, 3.05) is 11.8 Å². The van der Waals surface area contributed by atoms with E-state index in [1.165, 1.54) is 53.8 Å². The predicted octanol–water partition coefficient (Wildman–Crippen LogP) is 3.17. The monoisotopic (exact) mass is 402 g/mol. The van der Waals surface area contributed by atoms with E-state index in [-0.39, 0.29) is 21.5 Å². The van der Waals surface area contributed by atoms with Crippen molar-refractivity contribution in [3.8, 4) is 0 Å². The maximum Gasteiger partial charge on any atom is 0.261 e. The van der Waals surface area contributed by atoms with Gasteiger partial charge in [-0.05, 0) is 56.3 Å². The van der Waals surface area contributed by atoms with Crippen LogP contribution in [0.3, 0.4) is 0 Å². The van der Waals surface area contributed by atoms with Gasteiger partial charge in [0.05, 0.1) is 9.79 Å². The van der Waals surface area contributed by atoms with Gasteiger partial charge in [0.2, 0.25) is 10.0 Å². The number of anilines is 1. The molecule has 0 atom stereocenters. The van der Waals surface area contributed by atoms with Gasteiger partial charge in [0.1, 0.15) is 0 Å². The van der Waals surface area contributed by atoms with E-state index in [9.17, 15) is 16.8 Å². The van der Waals surface area contributed by atoms with Crippen molar-refractivity contribution in [1.29, 1.82) is 0 Å². The molecular weight excluding hydrogens is 384 g/mol. The molecular formula is C16H19ClN2O4S2. The van der Waals surface area contributed by atoms with Gasteiger partial charge in [0.15, 0.2) is 0 Å². The number of nitrogens with zero attached hydrogens (tertiary/aromatic N) is 1. The summed E-state index contributed by atoms with van der Waals surface area (Å²) in [4.78, 5) is 0.116. The second kappa shape index (κ2) is 7.33. The highest BCUT2D eigenvalue weighted by Gasteiger charge is 2.23. The Labute approximate surface area is 153 Å². The second-order valence-corrected chi connectivity index (χ2v) is 9.82. The van der Waals surface area contributed by atoms with E-state index >= 15 is 0 Å². The number of benzene rings is 2. The minimum atomic E-state index is -3.81. The molecule has 0 saturated carbocycles. The summed E-state index contributed by atoms with van der Waals surface area (Å²) in [5.74, 6) is 0. The Hall–Kier alpha value is -1.61. The molecule has 0 radical (unpaired) electrons.